The summed E-state index contributed by atoms with van der Waals surface area (Å²) in [5.41, 5.74) is 3.78. The highest BCUT2D eigenvalue weighted by Crippen LogP contribution is 2.59. The number of piperidine rings is 2. The number of likely N-dealkylation sites (tertiary alicyclic amines) is 1. The summed E-state index contributed by atoms with van der Waals surface area (Å²) in [6.07, 6.45) is -3.94. The number of amides is 2. The number of benzene rings is 1. The molecule has 14 heteroatoms. The second kappa shape index (κ2) is 8.86. The predicted octanol–water partition coefficient (Wildman–Crippen LogP) is 2.76. The van der Waals surface area contributed by atoms with Gasteiger partial charge in [0.1, 0.15) is 11.9 Å². The number of esters is 1. The Morgan fingerprint density at radius 2 is 1.66 bits per heavy atom. The molecule has 38 heavy (non-hydrogen) atoms. The lowest BCUT2D eigenvalue weighted by Gasteiger charge is -2.42. The highest BCUT2D eigenvalue weighted by atomic mass is 19.4. The minimum Gasteiger partial charge on any atom is -0.432 e. The Labute approximate surface area is 212 Å². The number of nitriles is 1. The van der Waals surface area contributed by atoms with Crippen molar-refractivity contribution >= 4 is 17.8 Å². The summed E-state index contributed by atoms with van der Waals surface area (Å²) in [6.45, 7) is 0. The zero-order valence-electron chi connectivity index (χ0n) is 19.7. The molecule has 2 amide bonds. The second-order valence-corrected chi connectivity index (χ2v) is 10.3. The number of carbonyl (C=O) groups is 3. The van der Waals surface area contributed by atoms with Gasteiger partial charge in [-0.05, 0) is 44.1 Å². The first-order chi connectivity index (χ1) is 17.8. The third-order valence-electron chi connectivity index (χ3n) is 8.17. The fourth-order valence-corrected chi connectivity index (χ4v) is 6.37. The minimum atomic E-state index is -5.28. The molecule has 1 aliphatic carbocycles. The summed E-state index contributed by atoms with van der Waals surface area (Å²) < 4.78 is 84.6. The van der Waals surface area contributed by atoms with Gasteiger partial charge in [0.15, 0.2) is 17.4 Å². The van der Waals surface area contributed by atoms with Gasteiger partial charge in [0.2, 0.25) is 5.91 Å². The van der Waals surface area contributed by atoms with Gasteiger partial charge < -0.3 is 15.4 Å². The molecule has 6 atom stereocenters. The van der Waals surface area contributed by atoms with E-state index in [1.807, 2.05) is 6.07 Å². The van der Waals surface area contributed by atoms with Crippen LogP contribution in [0.3, 0.4) is 0 Å². The van der Waals surface area contributed by atoms with Gasteiger partial charge >= 0.3 is 12.1 Å². The maximum atomic E-state index is 14.2. The molecular formula is C24H22F6N4O4. The van der Waals surface area contributed by atoms with Crippen molar-refractivity contribution in [2.75, 3.05) is 0 Å². The lowest BCUT2D eigenvalue weighted by atomic mass is 9.84. The van der Waals surface area contributed by atoms with Crippen molar-refractivity contribution in [3.05, 3.63) is 35.1 Å². The maximum Gasteiger partial charge on any atom is 0.491 e. The number of halogens is 6. The third kappa shape index (κ3) is 4.07. The highest BCUT2D eigenvalue weighted by molar-refractivity contribution is 5.95. The highest BCUT2D eigenvalue weighted by Gasteiger charge is 2.72. The SMILES string of the molecule is N#C[C@@H]1C[C@@H]2C[C@@]2(OC(=O)C(F)(F)F)N1C(=O)[C@@H](N)C1CC2CCC(C1)N2C(=O)c1cc(F)c(F)cc1F. The summed E-state index contributed by atoms with van der Waals surface area (Å²) in [6, 6.07) is -0.723. The summed E-state index contributed by atoms with van der Waals surface area (Å²) >= 11 is 0. The molecule has 4 aliphatic rings. The van der Waals surface area contributed by atoms with Crippen molar-refractivity contribution in [3.63, 3.8) is 0 Å². The average Bonchev–Trinajstić information content (AvgIpc) is 3.34. The van der Waals surface area contributed by atoms with Gasteiger partial charge in [0, 0.05) is 30.5 Å². The normalized spacial score (nSPS) is 32.4. The van der Waals surface area contributed by atoms with Crippen LogP contribution in [0.2, 0.25) is 0 Å². The first-order valence-electron chi connectivity index (χ1n) is 12.0. The molecule has 0 aromatic heterocycles. The molecule has 3 aliphatic heterocycles. The molecule has 3 heterocycles. The predicted molar refractivity (Wildman–Crippen MR) is 114 cm³/mol. The van der Waals surface area contributed by atoms with E-state index in [2.05, 4.69) is 0 Å². The molecule has 1 aromatic carbocycles. The Morgan fingerprint density at radius 3 is 2.24 bits per heavy atom. The van der Waals surface area contributed by atoms with Gasteiger partial charge in [0.05, 0.1) is 17.7 Å². The molecule has 5 rings (SSSR count). The van der Waals surface area contributed by atoms with E-state index in [-0.39, 0.29) is 25.7 Å². The molecule has 0 spiro atoms. The largest absolute Gasteiger partial charge is 0.491 e. The monoisotopic (exact) mass is 544 g/mol. The topological polar surface area (TPSA) is 117 Å². The van der Waals surface area contributed by atoms with Gasteiger partial charge in [-0.3, -0.25) is 14.5 Å². The summed E-state index contributed by atoms with van der Waals surface area (Å²) in [5, 5.41) is 9.51. The van der Waals surface area contributed by atoms with Crippen LogP contribution in [-0.2, 0) is 14.3 Å². The fraction of sp³-hybridized carbons (Fsp3) is 0.583. The Balaban J connectivity index is 1.32. The van der Waals surface area contributed by atoms with Gasteiger partial charge in [-0.1, -0.05) is 0 Å². The number of carbonyl (C=O) groups excluding carboxylic acids is 3. The summed E-state index contributed by atoms with van der Waals surface area (Å²) in [4.78, 5) is 40.3. The van der Waals surface area contributed by atoms with Gasteiger partial charge in [-0.2, -0.15) is 18.4 Å². The van der Waals surface area contributed by atoms with Gasteiger partial charge in [0.25, 0.3) is 5.91 Å². The van der Waals surface area contributed by atoms with Crippen LogP contribution in [0.5, 0.6) is 0 Å². The van der Waals surface area contributed by atoms with Crippen molar-refractivity contribution < 1.29 is 45.5 Å². The fourth-order valence-electron chi connectivity index (χ4n) is 6.37. The summed E-state index contributed by atoms with van der Waals surface area (Å²) in [7, 11) is 0. The molecule has 2 N–H and O–H groups in total. The Bertz CT molecular complexity index is 1240. The zero-order chi connectivity index (χ0) is 27.7. The van der Waals surface area contributed by atoms with Crippen molar-refractivity contribution in [3.8, 4) is 6.07 Å². The van der Waals surface area contributed by atoms with Crippen LogP contribution in [0.1, 0.15) is 48.9 Å². The van der Waals surface area contributed by atoms with E-state index in [9.17, 15) is 46.0 Å². The number of alkyl halides is 3. The van der Waals surface area contributed by atoms with E-state index in [1.165, 1.54) is 4.90 Å². The number of rotatable bonds is 4. The van der Waals surface area contributed by atoms with E-state index in [4.69, 9.17) is 10.5 Å². The number of hydrogen-bond donors (Lipinski definition) is 1. The van der Waals surface area contributed by atoms with Crippen LogP contribution in [0.4, 0.5) is 26.3 Å². The van der Waals surface area contributed by atoms with E-state index >= 15 is 0 Å². The molecule has 2 bridgehead atoms. The number of ether oxygens (including phenoxy) is 1. The standard InChI is InChI=1S/C24H22F6N4O4/c25-16-7-18(27)17(26)6-15(16)20(35)33-12-1-2-13(33)4-10(3-12)19(32)21(36)34-14(9-31)5-11-8-23(11,34)38-22(37)24(28,29)30/h6-7,10-14,19H,1-5,8,32H2/t10?,11-,12?,13?,14+,19+,23+/m1/s1. The van der Waals surface area contributed by atoms with Gasteiger partial charge in [-0.25, -0.2) is 18.0 Å². The minimum absolute atomic E-state index is 0.0382. The van der Waals surface area contributed by atoms with E-state index < -0.39 is 88.7 Å². The summed E-state index contributed by atoms with van der Waals surface area (Å²) in [5.74, 6) is -9.30. The molecule has 1 saturated carbocycles. The molecular weight excluding hydrogens is 522 g/mol. The lowest BCUT2D eigenvalue weighted by Crippen LogP contribution is -2.58. The molecule has 204 valence electrons. The molecule has 1 aromatic rings. The average molecular weight is 544 g/mol. The first kappa shape index (κ1) is 26.3. The Morgan fingerprint density at radius 1 is 1.05 bits per heavy atom. The van der Waals surface area contributed by atoms with Crippen LogP contribution >= 0.6 is 0 Å². The number of nitrogens with zero attached hydrogens (tertiary/aromatic N) is 3. The first-order valence-corrected chi connectivity index (χ1v) is 12.0. The molecule has 8 nitrogen and oxygen atoms in total. The van der Waals surface area contributed by atoms with Crippen molar-refractivity contribution in [1.29, 1.82) is 5.26 Å². The van der Waals surface area contributed by atoms with Crippen LogP contribution in [0.25, 0.3) is 0 Å². The molecule has 2 unspecified atom stereocenters. The van der Waals surface area contributed by atoms with Crippen molar-refractivity contribution in [1.82, 2.24) is 9.80 Å². The van der Waals surface area contributed by atoms with Crippen LogP contribution < -0.4 is 5.73 Å². The van der Waals surface area contributed by atoms with Crippen LogP contribution in [0, 0.1) is 40.6 Å². The number of hydrogen-bond acceptors (Lipinski definition) is 6. The number of fused-ring (bicyclic) bond motifs is 3. The molecule has 3 saturated heterocycles. The zero-order valence-corrected chi connectivity index (χ0v) is 19.7. The quantitative estimate of drug-likeness (QED) is 0.354. The number of nitrogens with two attached hydrogens (primary N) is 1. The maximum absolute atomic E-state index is 14.2. The van der Waals surface area contributed by atoms with Gasteiger partial charge in [-0.15, -0.1) is 0 Å². The Kier molecular flexibility index (Phi) is 6.13. The second-order valence-electron chi connectivity index (χ2n) is 10.3. The van der Waals surface area contributed by atoms with E-state index in [1.54, 1.807) is 0 Å². The van der Waals surface area contributed by atoms with Crippen LogP contribution in [0.15, 0.2) is 12.1 Å². The third-order valence-corrected chi connectivity index (χ3v) is 8.17. The lowest BCUT2D eigenvalue weighted by molar-refractivity contribution is -0.217. The van der Waals surface area contributed by atoms with Crippen molar-refractivity contribution in [2.24, 2.45) is 17.6 Å². The van der Waals surface area contributed by atoms with E-state index in [0.717, 1.165) is 4.90 Å². The smallest absolute Gasteiger partial charge is 0.432 e. The molecule has 4 fully saturated rings. The Hall–Kier alpha value is -3.34. The van der Waals surface area contributed by atoms with E-state index in [0.29, 0.717) is 25.0 Å². The molecule has 0 radical (unpaired) electrons. The van der Waals surface area contributed by atoms with Crippen LogP contribution in [-0.4, -0.2) is 63.7 Å². The van der Waals surface area contributed by atoms with Crippen molar-refractivity contribution in [2.45, 2.75) is 74.6 Å².